The van der Waals surface area contributed by atoms with Crippen molar-refractivity contribution in [2.45, 2.75) is 51.6 Å². The highest BCUT2D eigenvalue weighted by Gasteiger charge is 2.32. The number of hydrogen-bond donors (Lipinski definition) is 2. The van der Waals surface area contributed by atoms with Crippen LogP contribution in [0.25, 0.3) is 0 Å². The SMILES string of the molecule is CNc1nc(C)nc(N(C)C2CCC(C(=O)NCc3ccccc3OC(F)(F)F)CC2)n1. The van der Waals surface area contributed by atoms with Crippen LogP contribution < -0.4 is 20.3 Å². The highest BCUT2D eigenvalue weighted by atomic mass is 19.4. The molecule has 1 saturated carbocycles. The van der Waals surface area contributed by atoms with Crippen molar-refractivity contribution in [3.05, 3.63) is 35.7 Å². The maximum absolute atomic E-state index is 12.6. The molecule has 0 unspecified atom stereocenters. The fourth-order valence-corrected chi connectivity index (χ4v) is 3.83. The van der Waals surface area contributed by atoms with Gasteiger partial charge in [0, 0.05) is 38.2 Å². The molecular formula is C21H27F3N6O2. The van der Waals surface area contributed by atoms with Gasteiger partial charge in [-0.05, 0) is 38.7 Å². The molecule has 1 amide bonds. The number of benzene rings is 1. The first-order chi connectivity index (χ1) is 15.2. The summed E-state index contributed by atoms with van der Waals surface area (Å²) in [5.41, 5.74) is 0.275. The van der Waals surface area contributed by atoms with Gasteiger partial charge in [0.15, 0.2) is 0 Å². The Bertz CT molecular complexity index is 932. The largest absolute Gasteiger partial charge is 0.573 e. The van der Waals surface area contributed by atoms with Crippen molar-refractivity contribution in [3.63, 3.8) is 0 Å². The molecule has 0 aliphatic heterocycles. The first-order valence-electron chi connectivity index (χ1n) is 10.4. The number of aromatic nitrogens is 3. The molecule has 0 bridgehead atoms. The number of carbonyl (C=O) groups excluding carboxylic acids is 1. The molecule has 1 aliphatic rings. The van der Waals surface area contributed by atoms with E-state index in [0.717, 1.165) is 12.8 Å². The zero-order valence-electron chi connectivity index (χ0n) is 18.2. The zero-order chi connectivity index (χ0) is 23.3. The van der Waals surface area contributed by atoms with Crippen LogP contribution in [0.5, 0.6) is 5.75 Å². The second kappa shape index (κ2) is 10.0. The van der Waals surface area contributed by atoms with E-state index in [4.69, 9.17) is 0 Å². The van der Waals surface area contributed by atoms with Crippen LogP contribution in [0.3, 0.4) is 0 Å². The van der Waals surface area contributed by atoms with Gasteiger partial charge in [-0.1, -0.05) is 18.2 Å². The Morgan fingerprint density at radius 1 is 1.16 bits per heavy atom. The molecule has 32 heavy (non-hydrogen) atoms. The number of hydrogen-bond acceptors (Lipinski definition) is 7. The van der Waals surface area contributed by atoms with Gasteiger partial charge in [0.05, 0.1) is 0 Å². The van der Waals surface area contributed by atoms with Crippen molar-refractivity contribution in [1.82, 2.24) is 20.3 Å². The number of nitrogens with one attached hydrogen (secondary N) is 2. The van der Waals surface area contributed by atoms with E-state index in [1.165, 1.54) is 18.2 Å². The molecule has 1 aromatic heterocycles. The van der Waals surface area contributed by atoms with Crippen LogP contribution >= 0.6 is 0 Å². The summed E-state index contributed by atoms with van der Waals surface area (Å²) >= 11 is 0. The topological polar surface area (TPSA) is 92.3 Å². The normalized spacial score (nSPS) is 18.7. The summed E-state index contributed by atoms with van der Waals surface area (Å²) in [7, 11) is 3.67. The van der Waals surface area contributed by atoms with Crippen molar-refractivity contribution >= 4 is 17.8 Å². The van der Waals surface area contributed by atoms with E-state index in [1.54, 1.807) is 20.0 Å². The molecule has 0 atom stereocenters. The average Bonchev–Trinajstić information content (AvgIpc) is 2.76. The van der Waals surface area contributed by atoms with Crippen LogP contribution in [0.2, 0.25) is 0 Å². The third-order valence-electron chi connectivity index (χ3n) is 5.54. The van der Waals surface area contributed by atoms with Gasteiger partial charge in [0.25, 0.3) is 0 Å². The number of para-hydroxylation sites is 1. The predicted molar refractivity (Wildman–Crippen MR) is 113 cm³/mol. The maximum Gasteiger partial charge on any atom is 0.573 e. The first kappa shape index (κ1) is 23.6. The average molecular weight is 452 g/mol. The van der Waals surface area contributed by atoms with Crippen LogP contribution in [-0.2, 0) is 11.3 Å². The molecule has 8 nitrogen and oxygen atoms in total. The number of halogens is 3. The highest BCUT2D eigenvalue weighted by molar-refractivity contribution is 5.78. The Kier molecular flexibility index (Phi) is 7.37. The lowest BCUT2D eigenvalue weighted by Gasteiger charge is -2.34. The summed E-state index contributed by atoms with van der Waals surface area (Å²) in [5, 5.41) is 5.67. The van der Waals surface area contributed by atoms with Crippen molar-refractivity contribution < 1.29 is 22.7 Å². The second-order valence-corrected chi connectivity index (χ2v) is 7.75. The molecule has 1 heterocycles. The summed E-state index contributed by atoms with van der Waals surface area (Å²) in [5.74, 6) is 1.04. The van der Waals surface area contributed by atoms with E-state index < -0.39 is 6.36 Å². The van der Waals surface area contributed by atoms with Gasteiger partial charge in [-0.3, -0.25) is 4.79 Å². The molecule has 0 spiro atoms. The first-order valence-corrected chi connectivity index (χ1v) is 10.4. The Morgan fingerprint density at radius 2 is 1.84 bits per heavy atom. The summed E-state index contributed by atoms with van der Waals surface area (Å²) < 4.78 is 41.8. The fraction of sp³-hybridized carbons (Fsp3) is 0.524. The molecule has 0 saturated heterocycles. The van der Waals surface area contributed by atoms with E-state index >= 15 is 0 Å². The number of ether oxygens (including phenoxy) is 1. The van der Waals surface area contributed by atoms with E-state index in [-0.39, 0.29) is 35.7 Å². The van der Waals surface area contributed by atoms with Crippen LogP contribution in [0.4, 0.5) is 25.1 Å². The Labute approximate surface area is 184 Å². The molecule has 2 N–H and O–H groups in total. The smallest absolute Gasteiger partial charge is 0.405 e. The number of amides is 1. The molecule has 3 rings (SSSR count). The second-order valence-electron chi connectivity index (χ2n) is 7.75. The van der Waals surface area contributed by atoms with Crippen molar-refractivity contribution in [3.8, 4) is 5.75 Å². The molecular weight excluding hydrogens is 425 g/mol. The summed E-state index contributed by atoms with van der Waals surface area (Å²) in [6.07, 6.45) is -1.88. The molecule has 2 aromatic rings. The summed E-state index contributed by atoms with van der Waals surface area (Å²) in [6.45, 7) is 1.78. The number of alkyl halides is 3. The lowest BCUT2D eigenvalue weighted by molar-refractivity contribution is -0.274. The highest BCUT2D eigenvalue weighted by Crippen LogP contribution is 2.30. The number of aryl methyl sites for hydroxylation is 1. The van der Waals surface area contributed by atoms with Gasteiger partial charge in [-0.2, -0.15) is 15.0 Å². The van der Waals surface area contributed by atoms with Crippen LogP contribution in [0.15, 0.2) is 24.3 Å². The zero-order valence-corrected chi connectivity index (χ0v) is 18.2. The van der Waals surface area contributed by atoms with Crippen LogP contribution in [-0.4, -0.2) is 47.4 Å². The monoisotopic (exact) mass is 452 g/mol. The van der Waals surface area contributed by atoms with E-state index in [0.29, 0.717) is 30.6 Å². The molecule has 0 radical (unpaired) electrons. The molecule has 1 aliphatic carbocycles. The van der Waals surface area contributed by atoms with Crippen LogP contribution in [0, 0.1) is 12.8 Å². The van der Waals surface area contributed by atoms with Crippen molar-refractivity contribution in [1.29, 1.82) is 0 Å². The lowest BCUT2D eigenvalue weighted by Crippen LogP contribution is -2.40. The predicted octanol–water partition coefficient (Wildman–Crippen LogP) is 3.43. The Morgan fingerprint density at radius 3 is 2.50 bits per heavy atom. The van der Waals surface area contributed by atoms with E-state index in [2.05, 4.69) is 30.3 Å². The lowest BCUT2D eigenvalue weighted by atomic mass is 9.85. The van der Waals surface area contributed by atoms with Crippen molar-refractivity contribution in [2.24, 2.45) is 5.92 Å². The van der Waals surface area contributed by atoms with E-state index in [1.807, 2.05) is 11.9 Å². The number of rotatable bonds is 7. The molecule has 11 heteroatoms. The standard InChI is InChI=1S/C21H27F3N6O2/c1-13-27-19(25-2)29-20(28-13)30(3)16-10-8-14(9-11-16)18(31)26-12-15-6-4-5-7-17(15)32-21(22,23)24/h4-7,14,16H,8-12H2,1-3H3,(H,26,31)(H,25,27,28,29). The van der Waals surface area contributed by atoms with Crippen molar-refractivity contribution in [2.75, 3.05) is 24.3 Å². The Hall–Kier alpha value is -3.11. The van der Waals surface area contributed by atoms with Gasteiger partial charge in [-0.25, -0.2) is 0 Å². The molecule has 174 valence electrons. The minimum absolute atomic E-state index is 0.0259. The Balaban J connectivity index is 1.54. The molecule has 1 fully saturated rings. The van der Waals surface area contributed by atoms with Gasteiger partial charge in [-0.15, -0.1) is 13.2 Å². The number of nitrogens with zero attached hydrogens (tertiary/aromatic N) is 4. The van der Waals surface area contributed by atoms with Crippen LogP contribution in [0.1, 0.15) is 37.1 Å². The van der Waals surface area contributed by atoms with Gasteiger partial charge >= 0.3 is 6.36 Å². The van der Waals surface area contributed by atoms with E-state index in [9.17, 15) is 18.0 Å². The number of anilines is 2. The summed E-state index contributed by atoms with van der Waals surface area (Å²) in [6, 6.07) is 5.99. The quantitative estimate of drug-likeness (QED) is 0.665. The maximum atomic E-state index is 12.6. The third kappa shape index (κ3) is 6.21. The van der Waals surface area contributed by atoms with Gasteiger partial charge in [0.2, 0.25) is 17.8 Å². The minimum atomic E-state index is -4.78. The summed E-state index contributed by atoms with van der Waals surface area (Å²) in [4.78, 5) is 27.6. The fourth-order valence-electron chi connectivity index (χ4n) is 3.83. The van der Waals surface area contributed by atoms with Gasteiger partial charge < -0.3 is 20.3 Å². The molecule has 1 aromatic carbocycles. The minimum Gasteiger partial charge on any atom is -0.405 e. The number of carbonyl (C=O) groups is 1. The third-order valence-corrected chi connectivity index (χ3v) is 5.54. The van der Waals surface area contributed by atoms with Gasteiger partial charge in [0.1, 0.15) is 11.6 Å².